The summed E-state index contributed by atoms with van der Waals surface area (Å²) in [6.45, 7) is 2.93. The second-order valence-corrected chi connectivity index (χ2v) is 9.35. The van der Waals surface area contributed by atoms with Crippen molar-refractivity contribution in [1.29, 1.82) is 0 Å². The van der Waals surface area contributed by atoms with E-state index in [1.165, 1.54) is 25.3 Å². The minimum atomic E-state index is -3.71. The van der Waals surface area contributed by atoms with Crippen molar-refractivity contribution in [3.8, 4) is 0 Å². The molecule has 30 heavy (non-hydrogen) atoms. The lowest BCUT2D eigenvalue weighted by Crippen LogP contribution is -2.70. The number of ether oxygens (including phenoxy) is 1. The Kier molecular flexibility index (Phi) is 4.26. The quantitative estimate of drug-likeness (QED) is 0.563. The number of aromatic nitrogens is 4. The molecule has 5 heterocycles. The molecule has 0 radical (unpaired) electrons. The van der Waals surface area contributed by atoms with Crippen molar-refractivity contribution in [3.63, 3.8) is 0 Å². The third-order valence-electron chi connectivity index (χ3n) is 5.69. The fourth-order valence-corrected chi connectivity index (χ4v) is 6.09. The van der Waals surface area contributed by atoms with E-state index in [0.717, 1.165) is 12.2 Å². The number of sulfonamides is 1. The summed E-state index contributed by atoms with van der Waals surface area (Å²) < 4.78 is 34.4. The molecule has 3 aliphatic heterocycles. The summed E-state index contributed by atoms with van der Waals surface area (Å²) in [4.78, 5) is 14.0. The van der Waals surface area contributed by atoms with Gasteiger partial charge >= 0.3 is 5.97 Å². The predicted molar refractivity (Wildman–Crippen MR) is 107 cm³/mol. The molecule has 3 aromatic rings. The van der Waals surface area contributed by atoms with Gasteiger partial charge in [-0.2, -0.15) is 8.82 Å². The van der Waals surface area contributed by atoms with Gasteiger partial charge in [0.2, 0.25) is 10.0 Å². The third-order valence-corrected chi connectivity index (χ3v) is 7.69. The third kappa shape index (κ3) is 2.84. The number of benzene rings is 1. The molecule has 11 heteroatoms. The first-order chi connectivity index (χ1) is 14.4. The fourth-order valence-electron chi connectivity index (χ4n) is 4.23. The maximum Gasteiger partial charge on any atom is 0.337 e. The van der Waals surface area contributed by atoms with Crippen LogP contribution in [0, 0.1) is 6.92 Å². The first-order valence-electron chi connectivity index (χ1n) is 9.54. The van der Waals surface area contributed by atoms with Crippen LogP contribution in [0.15, 0.2) is 41.3 Å². The van der Waals surface area contributed by atoms with Crippen LogP contribution in [0.25, 0.3) is 5.65 Å². The molecule has 10 nitrogen and oxygen atoms in total. The number of rotatable bonds is 4. The molecular formula is C19H20N6O4S. The van der Waals surface area contributed by atoms with E-state index in [9.17, 15) is 13.2 Å². The van der Waals surface area contributed by atoms with E-state index in [0.29, 0.717) is 24.6 Å². The largest absolute Gasteiger partial charge is 0.465 e. The van der Waals surface area contributed by atoms with Gasteiger partial charge in [0.05, 0.1) is 17.6 Å². The number of hydrogen-bond donors (Lipinski definition) is 0. The maximum absolute atomic E-state index is 13.2. The van der Waals surface area contributed by atoms with Crippen LogP contribution in [0.2, 0.25) is 0 Å². The standard InChI is InChI=1S/C19H20N6O4S/c1-12-20-21-17-6-7-18(22-24(12)17)23-10-14-9-15(11-23)25(14)30(27,28)16-5-3-4-13(8-16)19(26)29-2/h3-8,14-15H,9-11H2,1-2H3. The number of carbonyl (C=O) groups excluding carboxylic acids is 1. The minimum Gasteiger partial charge on any atom is -0.465 e. The van der Waals surface area contributed by atoms with Crippen LogP contribution in [-0.2, 0) is 14.8 Å². The summed E-state index contributed by atoms with van der Waals surface area (Å²) in [5.41, 5.74) is 0.890. The number of aryl methyl sites for hydroxylation is 1. The summed E-state index contributed by atoms with van der Waals surface area (Å²) in [6.07, 6.45) is 0.806. The molecule has 0 saturated carbocycles. The van der Waals surface area contributed by atoms with Gasteiger partial charge in [-0.25, -0.2) is 13.2 Å². The monoisotopic (exact) mass is 428 g/mol. The Morgan fingerprint density at radius 2 is 1.90 bits per heavy atom. The fraction of sp³-hybridized carbons (Fsp3) is 0.368. The summed E-state index contributed by atoms with van der Waals surface area (Å²) in [6, 6.07) is 9.43. The molecule has 3 aliphatic rings. The first-order valence-corrected chi connectivity index (χ1v) is 11.0. The van der Waals surface area contributed by atoms with Gasteiger partial charge < -0.3 is 9.64 Å². The van der Waals surface area contributed by atoms with E-state index >= 15 is 0 Å². The first kappa shape index (κ1) is 18.9. The van der Waals surface area contributed by atoms with Crippen molar-refractivity contribution in [2.75, 3.05) is 25.1 Å². The highest BCUT2D eigenvalue weighted by atomic mass is 32.2. The van der Waals surface area contributed by atoms with Gasteiger partial charge in [0.1, 0.15) is 5.82 Å². The molecule has 2 aromatic heterocycles. The van der Waals surface area contributed by atoms with Crippen LogP contribution in [0.3, 0.4) is 0 Å². The highest BCUT2D eigenvalue weighted by Gasteiger charge is 2.51. The zero-order valence-corrected chi connectivity index (χ0v) is 17.3. The second kappa shape index (κ2) is 6.74. The smallest absolute Gasteiger partial charge is 0.337 e. The molecule has 6 rings (SSSR count). The van der Waals surface area contributed by atoms with E-state index in [2.05, 4.69) is 20.2 Å². The number of carbonyl (C=O) groups is 1. The molecular weight excluding hydrogens is 408 g/mol. The number of piperazine rings is 1. The average molecular weight is 428 g/mol. The van der Waals surface area contributed by atoms with E-state index in [-0.39, 0.29) is 22.5 Å². The van der Waals surface area contributed by atoms with E-state index in [1.807, 2.05) is 19.1 Å². The molecule has 0 N–H and O–H groups in total. The lowest BCUT2D eigenvalue weighted by Gasteiger charge is -2.55. The Hall–Kier alpha value is -3.05. The van der Waals surface area contributed by atoms with E-state index in [4.69, 9.17) is 4.74 Å². The highest BCUT2D eigenvalue weighted by Crippen LogP contribution is 2.38. The van der Waals surface area contributed by atoms with Gasteiger partial charge in [-0.15, -0.1) is 15.3 Å². The van der Waals surface area contributed by atoms with Crippen LogP contribution in [0.1, 0.15) is 22.6 Å². The van der Waals surface area contributed by atoms with Gasteiger partial charge in [-0.1, -0.05) is 6.07 Å². The second-order valence-electron chi connectivity index (χ2n) is 7.51. The SMILES string of the molecule is COC(=O)c1cccc(S(=O)(=O)N2C3CC2CN(c2ccc4nnc(C)n4n2)C3)c1. The molecule has 2 bridgehead atoms. The molecule has 1 aromatic carbocycles. The lowest BCUT2D eigenvalue weighted by molar-refractivity contribution is 0.0600. The van der Waals surface area contributed by atoms with Crippen molar-refractivity contribution in [2.45, 2.75) is 30.3 Å². The zero-order chi connectivity index (χ0) is 21.0. The number of methoxy groups -OCH3 is 1. The van der Waals surface area contributed by atoms with Gasteiger partial charge in [0, 0.05) is 25.2 Å². The topological polar surface area (TPSA) is 110 Å². The molecule has 2 unspecified atom stereocenters. The summed E-state index contributed by atoms with van der Waals surface area (Å²) in [5.74, 6) is 0.904. The van der Waals surface area contributed by atoms with Crippen molar-refractivity contribution < 1.29 is 17.9 Å². The number of nitrogens with zero attached hydrogens (tertiary/aromatic N) is 6. The number of esters is 1. The predicted octanol–water partition coefficient (Wildman–Crippen LogP) is 0.871. The Bertz CT molecular complexity index is 1240. The van der Waals surface area contributed by atoms with Crippen molar-refractivity contribution >= 4 is 27.5 Å². The Balaban J connectivity index is 1.39. The minimum absolute atomic E-state index is 0.105. The molecule has 0 spiro atoms. The number of piperidine rings is 1. The van der Waals surface area contributed by atoms with Crippen LogP contribution in [-0.4, -0.2) is 70.8 Å². The van der Waals surface area contributed by atoms with Gasteiger partial charge in [-0.3, -0.25) is 0 Å². The molecule has 0 amide bonds. The van der Waals surface area contributed by atoms with Crippen LogP contribution in [0.5, 0.6) is 0 Å². The van der Waals surface area contributed by atoms with Gasteiger partial charge in [0.25, 0.3) is 0 Å². The number of fused-ring (bicyclic) bond motifs is 3. The summed E-state index contributed by atoms with van der Waals surface area (Å²) in [7, 11) is -2.44. The molecule has 0 aliphatic carbocycles. The molecule has 3 fully saturated rings. The van der Waals surface area contributed by atoms with Crippen LogP contribution in [0.4, 0.5) is 5.82 Å². The van der Waals surface area contributed by atoms with E-state index < -0.39 is 16.0 Å². The highest BCUT2D eigenvalue weighted by molar-refractivity contribution is 7.89. The lowest BCUT2D eigenvalue weighted by atomic mass is 9.91. The van der Waals surface area contributed by atoms with Crippen molar-refractivity contribution in [3.05, 3.63) is 47.8 Å². The van der Waals surface area contributed by atoms with E-state index in [1.54, 1.807) is 14.9 Å². The van der Waals surface area contributed by atoms with Gasteiger partial charge in [-0.05, 0) is 43.7 Å². The molecule has 2 atom stereocenters. The Labute approximate surface area is 173 Å². The summed E-state index contributed by atoms with van der Waals surface area (Å²) >= 11 is 0. The van der Waals surface area contributed by atoms with Crippen molar-refractivity contribution in [2.24, 2.45) is 0 Å². The Morgan fingerprint density at radius 1 is 1.13 bits per heavy atom. The molecule has 156 valence electrons. The van der Waals surface area contributed by atoms with Gasteiger partial charge in [0.15, 0.2) is 11.5 Å². The zero-order valence-electron chi connectivity index (χ0n) is 16.5. The summed E-state index contributed by atoms with van der Waals surface area (Å²) in [5, 5.41) is 12.7. The van der Waals surface area contributed by atoms with Crippen LogP contribution >= 0.6 is 0 Å². The molecule has 3 saturated heterocycles. The number of hydrogen-bond acceptors (Lipinski definition) is 8. The average Bonchev–Trinajstić information content (AvgIpc) is 3.13. The van der Waals surface area contributed by atoms with Crippen molar-refractivity contribution in [1.82, 2.24) is 24.1 Å². The number of anilines is 1. The maximum atomic E-state index is 13.2. The van der Waals surface area contributed by atoms with Crippen LogP contribution < -0.4 is 4.90 Å². The normalized spacial score (nSPS) is 21.5. The Morgan fingerprint density at radius 3 is 2.63 bits per heavy atom.